The molecule has 2 atom stereocenters. The monoisotopic (exact) mass is 263 g/mol. The minimum Gasteiger partial charge on any atom is -0.380 e. The Morgan fingerprint density at radius 1 is 1.39 bits per heavy atom. The molecule has 0 amide bonds. The second-order valence-electron chi connectivity index (χ2n) is 3.65. The summed E-state index contributed by atoms with van der Waals surface area (Å²) in [6, 6.07) is 5.34. The number of carbonyl (C=O) groups is 1. The van der Waals surface area contributed by atoms with E-state index in [9.17, 15) is 23.1 Å². The van der Waals surface area contributed by atoms with Crippen molar-refractivity contribution in [1.82, 2.24) is 0 Å². The maximum atomic E-state index is 12.6. The number of nitrogens with two attached hydrogens (primary N) is 1. The van der Waals surface area contributed by atoms with Crippen LogP contribution in [0.4, 0.5) is 13.2 Å². The molecule has 7 heteroatoms. The van der Waals surface area contributed by atoms with Gasteiger partial charge in [-0.2, -0.15) is 13.2 Å². The fourth-order valence-electron chi connectivity index (χ4n) is 1.57. The molecular weight excluding hydrogens is 251 g/mol. The van der Waals surface area contributed by atoms with E-state index in [1.54, 1.807) is 0 Å². The average molecular weight is 263 g/mol. The van der Waals surface area contributed by atoms with E-state index in [0.717, 1.165) is 7.11 Å². The molecule has 0 spiro atoms. The summed E-state index contributed by atoms with van der Waals surface area (Å²) in [6.45, 7) is 0. The largest absolute Gasteiger partial charge is 0.418 e. The molecule has 0 saturated carbocycles. The highest BCUT2D eigenvalue weighted by Crippen LogP contribution is 2.34. The van der Waals surface area contributed by atoms with E-state index >= 15 is 0 Å². The van der Waals surface area contributed by atoms with Crippen LogP contribution in [0.25, 0.3) is 0 Å². The molecule has 0 radical (unpaired) electrons. The average Bonchev–Trinajstić information content (AvgIpc) is 2.35. The van der Waals surface area contributed by atoms with Crippen LogP contribution in [0.2, 0.25) is 0 Å². The molecule has 0 aromatic heterocycles. The molecule has 18 heavy (non-hydrogen) atoms. The zero-order chi connectivity index (χ0) is 14.0. The molecule has 100 valence electrons. The minimum absolute atomic E-state index is 0.0786. The highest BCUT2D eigenvalue weighted by molar-refractivity contribution is 5.77. The van der Waals surface area contributed by atoms with Crippen LogP contribution < -0.4 is 5.73 Å². The number of hydrogen-bond donors (Lipinski definition) is 2. The summed E-state index contributed by atoms with van der Waals surface area (Å²) in [7, 11) is 0.927. The minimum atomic E-state index is -4.97. The molecule has 0 aliphatic heterocycles. The molecular formula is C11H12F3NO3. The van der Waals surface area contributed by atoms with Gasteiger partial charge in [-0.3, -0.25) is 10.5 Å². The number of carbonyl (C=O) groups excluding carboxylic acids is 1. The quantitative estimate of drug-likeness (QED) is 0.632. The third-order valence-corrected chi connectivity index (χ3v) is 2.56. The van der Waals surface area contributed by atoms with Gasteiger partial charge < -0.3 is 9.84 Å². The Labute approximate surface area is 101 Å². The number of aldehydes is 1. The number of benzene rings is 1. The van der Waals surface area contributed by atoms with Crippen molar-refractivity contribution in [2.45, 2.75) is 18.0 Å². The lowest BCUT2D eigenvalue weighted by Crippen LogP contribution is -2.56. The first kappa shape index (κ1) is 14.6. The second kappa shape index (κ2) is 5.05. The number of aliphatic hydroxyl groups is 1. The predicted molar refractivity (Wildman–Crippen MR) is 56.8 cm³/mol. The van der Waals surface area contributed by atoms with E-state index in [4.69, 9.17) is 5.73 Å². The lowest BCUT2D eigenvalue weighted by molar-refractivity contribution is -0.265. The number of halogens is 3. The van der Waals surface area contributed by atoms with E-state index in [1.807, 2.05) is 0 Å². The Morgan fingerprint density at radius 3 is 2.39 bits per heavy atom. The zero-order valence-corrected chi connectivity index (χ0v) is 9.44. The van der Waals surface area contributed by atoms with Gasteiger partial charge in [-0.1, -0.05) is 24.3 Å². The number of alkyl halides is 3. The molecule has 0 unspecified atom stereocenters. The summed E-state index contributed by atoms with van der Waals surface area (Å²) < 4.78 is 42.3. The number of ether oxygens (including phenoxy) is 1. The Hall–Kier alpha value is -1.44. The van der Waals surface area contributed by atoms with Crippen molar-refractivity contribution in [1.29, 1.82) is 0 Å². The maximum absolute atomic E-state index is 12.6. The molecule has 1 rings (SSSR count). The van der Waals surface area contributed by atoms with Gasteiger partial charge in [0.15, 0.2) is 11.8 Å². The van der Waals surface area contributed by atoms with Crippen molar-refractivity contribution in [2.75, 3.05) is 7.11 Å². The van der Waals surface area contributed by atoms with Crippen molar-refractivity contribution < 1.29 is 27.8 Å². The van der Waals surface area contributed by atoms with Crippen LogP contribution in [0.3, 0.4) is 0 Å². The summed E-state index contributed by atoms with van der Waals surface area (Å²) >= 11 is 0. The summed E-state index contributed by atoms with van der Waals surface area (Å²) in [5, 5.41) is 9.29. The van der Waals surface area contributed by atoms with Crippen LogP contribution in [-0.2, 0) is 10.5 Å². The zero-order valence-electron chi connectivity index (χ0n) is 9.44. The van der Waals surface area contributed by atoms with E-state index in [0.29, 0.717) is 6.29 Å². The Kier molecular flexibility index (Phi) is 4.10. The molecule has 1 aromatic carbocycles. The standard InChI is InChI=1S/C11H12F3NO3/c1-18-10(15,9(17)11(12,13)14)8-5-3-2-4-7(8)6-16/h2-6,9,17H,15H2,1H3/t9-,10+/m0/s1. The summed E-state index contributed by atoms with van der Waals surface area (Å²) in [6.07, 6.45) is -7.57. The summed E-state index contributed by atoms with van der Waals surface area (Å²) in [5.41, 5.74) is 2.63. The van der Waals surface area contributed by atoms with Crippen molar-refractivity contribution in [3.05, 3.63) is 35.4 Å². The molecule has 1 aromatic rings. The van der Waals surface area contributed by atoms with Crippen LogP contribution >= 0.6 is 0 Å². The third-order valence-electron chi connectivity index (χ3n) is 2.56. The van der Waals surface area contributed by atoms with Crippen molar-refractivity contribution >= 4 is 6.29 Å². The highest BCUT2D eigenvalue weighted by atomic mass is 19.4. The number of hydrogen-bond acceptors (Lipinski definition) is 4. The highest BCUT2D eigenvalue weighted by Gasteiger charge is 2.53. The van der Waals surface area contributed by atoms with Gasteiger partial charge in [0.25, 0.3) is 0 Å². The van der Waals surface area contributed by atoms with Crippen LogP contribution in [-0.4, -0.2) is 30.8 Å². The Morgan fingerprint density at radius 2 is 1.94 bits per heavy atom. The fraction of sp³-hybridized carbons (Fsp3) is 0.364. The van der Waals surface area contributed by atoms with E-state index in [2.05, 4.69) is 4.74 Å². The van der Waals surface area contributed by atoms with Gasteiger partial charge in [0.1, 0.15) is 6.29 Å². The first-order valence-electron chi connectivity index (χ1n) is 4.91. The first-order valence-corrected chi connectivity index (χ1v) is 4.91. The van der Waals surface area contributed by atoms with E-state index < -0.39 is 18.0 Å². The molecule has 0 fully saturated rings. The van der Waals surface area contributed by atoms with Crippen LogP contribution in [0, 0.1) is 0 Å². The van der Waals surface area contributed by atoms with Gasteiger partial charge in [0.05, 0.1) is 0 Å². The van der Waals surface area contributed by atoms with Gasteiger partial charge in [0, 0.05) is 18.2 Å². The summed E-state index contributed by atoms with van der Waals surface area (Å²) in [4.78, 5) is 10.8. The predicted octanol–water partition coefficient (Wildman–Crippen LogP) is 1.18. The molecule has 0 bridgehead atoms. The van der Waals surface area contributed by atoms with Crippen molar-refractivity contribution in [3.63, 3.8) is 0 Å². The van der Waals surface area contributed by atoms with Crippen LogP contribution in [0.5, 0.6) is 0 Å². The van der Waals surface area contributed by atoms with Gasteiger partial charge in [0.2, 0.25) is 0 Å². The van der Waals surface area contributed by atoms with Gasteiger partial charge in [-0.15, -0.1) is 0 Å². The second-order valence-corrected chi connectivity index (χ2v) is 3.65. The SMILES string of the molecule is CO[C@](N)(c1ccccc1C=O)[C@H](O)C(F)(F)F. The van der Waals surface area contributed by atoms with Crippen LogP contribution in [0.15, 0.2) is 24.3 Å². The number of aliphatic hydroxyl groups excluding tert-OH is 1. The Bertz CT molecular complexity index is 436. The third kappa shape index (κ3) is 2.53. The van der Waals surface area contributed by atoms with Gasteiger partial charge >= 0.3 is 6.18 Å². The maximum Gasteiger partial charge on any atom is 0.418 e. The van der Waals surface area contributed by atoms with Crippen molar-refractivity contribution in [2.24, 2.45) is 5.73 Å². The summed E-state index contributed by atoms with van der Waals surface area (Å²) in [5.74, 6) is 0. The lowest BCUT2D eigenvalue weighted by atomic mass is 9.93. The van der Waals surface area contributed by atoms with Crippen LogP contribution in [0.1, 0.15) is 15.9 Å². The first-order chi connectivity index (χ1) is 8.27. The molecule has 0 heterocycles. The smallest absolute Gasteiger partial charge is 0.380 e. The fourth-order valence-corrected chi connectivity index (χ4v) is 1.57. The molecule has 0 aliphatic rings. The van der Waals surface area contributed by atoms with Gasteiger partial charge in [-0.05, 0) is 0 Å². The topological polar surface area (TPSA) is 72.5 Å². The molecule has 0 aliphatic carbocycles. The lowest BCUT2D eigenvalue weighted by Gasteiger charge is -2.34. The van der Waals surface area contributed by atoms with Crippen molar-refractivity contribution in [3.8, 4) is 0 Å². The van der Waals surface area contributed by atoms with E-state index in [1.165, 1.54) is 24.3 Å². The van der Waals surface area contributed by atoms with Gasteiger partial charge in [-0.25, -0.2) is 0 Å². The number of methoxy groups -OCH3 is 1. The number of rotatable bonds is 4. The molecule has 4 nitrogen and oxygen atoms in total. The molecule has 0 saturated heterocycles. The van der Waals surface area contributed by atoms with E-state index in [-0.39, 0.29) is 11.1 Å². The normalized spacial score (nSPS) is 17.0. The Balaban J connectivity index is 3.35. The molecule has 3 N–H and O–H groups in total.